The highest BCUT2D eigenvalue weighted by molar-refractivity contribution is 9.10. The van der Waals surface area contributed by atoms with Crippen molar-refractivity contribution in [2.75, 3.05) is 13.2 Å². The van der Waals surface area contributed by atoms with Crippen molar-refractivity contribution in [3.05, 3.63) is 34.3 Å². The SMILES string of the molecule is CC(C)NCC(OCC1CCCCC1)c1ccccc1Br. The smallest absolute Gasteiger partial charge is 0.0960 e. The van der Waals surface area contributed by atoms with E-state index in [1.807, 2.05) is 0 Å². The Bertz CT molecular complexity index is 415. The van der Waals surface area contributed by atoms with Crippen LogP contribution in [0.15, 0.2) is 28.7 Å². The maximum absolute atomic E-state index is 6.31. The first kappa shape index (κ1) is 17.0. The maximum Gasteiger partial charge on any atom is 0.0960 e. The molecule has 0 heterocycles. The van der Waals surface area contributed by atoms with Gasteiger partial charge in [-0.3, -0.25) is 0 Å². The maximum atomic E-state index is 6.31. The molecule has 2 rings (SSSR count). The van der Waals surface area contributed by atoms with Gasteiger partial charge >= 0.3 is 0 Å². The second-order valence-electron chi connectivity index (χ2n) is 6.41. The van der Waals surface area contributed by atoms with E-state index in [1.54, 1.807) is 0 Å². The normalized spacial score (nSPS) is 18.1. The Balaban J connectivity index is 1.96. The molecular formula is C18H28BrNO. The molecule has 118 valence electrons. The molecule has 1 aromatic carbocycles. The monoisotopic (exact) mass is 353 g/mol. The first-order valence-corrected chi connectivity index (χ1v) is 9.05. The third-order valence-corrected chi connectivity index (χ3v) is 4.94. The summed E-state index contributed by atoms with van der Waals surface area (Å²) >= 11 is 3.66. The molecule has 1 N–H and O–H groups in total. The highest BCUT2D eigenvalue weighted by atomic mass is 79.9. The van der Waals surface area contributed by atoms with E-state index < -0.39 is 0 Å². The van der Waals surface area contributed by atoms with Crippen LogP contribution in [0.5, 0.6) is 0 Å². The summed E-state index contributed by atoms with van der Waals surface area (Å²) in [6.45, 7) is 6.12. The second kappa shape index (κ2) is 8.92. The van der Waals surface area contributed by atoms with E-state index in [2.05, 4.69) is 59.4 Å². The minimum Gasteiger partial charge on any atom is -0.372 e. The molecule has 1 saturated carbocycles. The quantitative estimate of drug-likeness (QED) is 0.737. The van der Waals surface area contributed by atoms with E-state index >= 15 is 0 Å². The lowest BCUT2D eigenvalue weighted by Gasteiger charge is -2.26. The zero-order valence-electron chi connectivity index (χ0n) is 13.3. The molecule has 1 atom stereocenters. The molecule has 1 fully saturated rings. The van der Waals surface area contributed by atoms with Gasteiger partial charge in [-0.15, -0.1) is 0 Å². The lowest BCUT2D eigenvalue weighted by atomic mass is 9.90. The molecule has 0 saturated heterocycles. The predicted octanol–water partition coefficient (Wildman–Crippen LogP) is 5.09. The highest BCUT2D eigenvalue weighted by Gasteiger charge is 2.19. The first-order chi connectivity index (χ1) is 10.2. The molecule has 3 heteroatoms. The van der Waals surface area contributed by atoms with E-state index in [1.165, 1.54) is 37.7 Å². The van der Waals surface area contributed by atoms with Crippen molar-refractivity contribution in [1.29, 1.82) is 0 Å². The van der Waals surface area contributed by atoms with Crippen LogP contribution in [-0.4, -0.2) is 19.2 Å². The third-order valence-electron chi connectivity index (χ3n) is 4.22. The topological polar surface area (TPSA) is 21.3 Å². The van der Waals surface area contributed by atoms with Gasteiger partial charge in [0.2, 0.25) is 0 Å². The van der Waals surface area contributed by atoms with Crippen LogP contribution >= 0.6 is 15.9 Å². The fourth-order valence-corrected chi connectivity index (χ4v) is 3.48. The van der Waals surface area contributed by atoms with Gasteiger partial charge in [-0.1, -0.05) is 67.2 Å². The van der Waals surface area contributed by atoms with Crippen LogP contribution in [0.2, 0.25) is 0 Å². The van der Waals surface area contributed by atoms with Gasteiger partial charge in [-0.05, 0) is 30.4 Å². The van der Waals surface area contributed by atoms with Crippen molar-refractivity contribution >= 4 is 15.9 Å². The average molecular weight is 354 g/mol. The third kappa shape index (κ3) is 5.72. The summed E-state index contributed by atoms with van der Waals surface area (Å²) in [5, 5.41) is 3.51. The Morgan fingerprint density at radius 3 is 2.57 bits per heavy atom. The summed E-state index contributed by atoms with van der Waals surface area (Å²) in [6, 6.07) is 8.89. The minimum atomic E-state index is 0.130. The average Bonchev–Trinajstić information content (AvgIpc) is 2.49. The molecule has 0 aliphatic heterocycles. The van der Waals surface area contributed by atoms with Crippen LogP contribution in [-0.2, 0) is 4.74 Å². The fraction of sp³-hybridized carbons (Fsp3) is 0.667. The molecule has 1 aromatic rings. The first-order valence-electron chi connectivity index (χ1n) is 8.26. The molecule has 1 unspecified atom stereocenters. The van der Waals surface area contributed by atoms with Crippen LogP contribution in [0.25, 0.3) is 0 Å². The summed E-state index contributed by atoms with van der Waals surface area (Å²) in [5.41, 5.74) is 1.25. The van der Waals surface area contributed by atoms with Crippen molar-refractivity contribution in [3.63, 3.8) is 0 Å². The summed E-state index contributed by atoms with van der Waals surface area (Å²) in [4.78, 5) is 0. The van der Waals surface area contributed by atoms with E-state index in [9.17, 15) is 0 Å². The Kier molecular flexibility index (Phi) is 7.21. The summed E-state index contributed by atoms with van der Waals surface area (Å²) in [5.74, 6) is 0.753. The number of nitrogens with one attached hydrogen (secondary N) is 1. The van der Waals surface area contributed by atoms with Crippen molar-refractivity contribution in [3.8, 4) is 0 Å². The van der Waals surface area contributed by atoms with Gasteiger partial charge in [0.15, 0.2) is 0 Å². The number of ether oxygens (including phenoxy) is 1. The van der Waals surface area contributed by atoms with Crippen LogP contribution in [0.4, 0.5) is 0 Å². The van der Waals surface area contributed by atoms with Crippen LogP contribution in [0.1, 0.15) is 57.6 Å². The molecule has 1 aliphatic carbocycles. The Morgan fingerprint density at radius 1 is 1.19 bits per heavy atom. The van der Waals surface area contributed by atoms with Crippen LogP contribution in [0.3, 0.4) is 0 Å². The van der Waals surface area contributed by atoms with Gasteiger partial charge in [0.05, 0.1) is 12.7 Å². The molecule has 1 aliphatic rings. The molecule has 0 aromatic heterocycles. The standard InChI is InChI=1S/C18H28BrNO/c1-14(2)20-12-18(16-10-6-7-11-17(16)19)21-13-15-8-4-3-5-9-15/h6-7,10-11,14-15,18,20H,3-5,8-9,12-13H2,1-2H3. The lowest BCUT2D eigenvalue weighted by molar-refractivity contribution is 0.0186. The Hall–Kier alpha value is -0.380. The fourth-order valence-electron chi connectivity index (χ4n) is 2.94. The number of hydrogen-bond donors (Lipinski definition) is 1. The lowest BCUT2D eigenvalue weighted by Crippen LogP contribution is -2.30. The molecule has 2 nitrogen and oxygen atoms in total. The van der Waals surface area contributed by atoms with Gasteiger partial charge in [-0.25, -0.2) is 0 Å². The van der Waals surface area contributed by atoms with Gasteiger partial charge in [0.25, 0.3) is 0 Å². The largest absolute Gasteiger partial charge is 0.372 e. The van der Waals surface area contributed by atoms with E-state index in [-0.39, 0.29) is 6.10 Å². The van der Waals surface area contributed by atoms with Crippen LogP contribution in [0, 0.1) is 5.92 Å². The summed E-state index contributed by atoms with van der Waals surface area (Å²) < 4.78 is 7.45. The minimum absolute atomic E-state index is 0.130. The molecule has 0 radical (unpaired) electrons. The number of hydrogen-bond acceptors (Lipinski definition) is 2. The molecular weight excluding hydrogens is 326 g/mol. The van der Waals surface area contributed by atoms with Gasteiger partial charge in [-0.2, -0.15) is 0 Å². The Labute approximate surface area is 137 Å². The molecule has 0 bridgehead atoms. The molecule has 0 spiro atoms. The van der Waals surface area contributed by atoms with Gasteiger partial charge < -0.3 is 10.1 Å². The van der Waals surface area contributed by atoms with E-state index in [0.29, 0.717) is 6.04 Å². The van der Waals surface area contributed by atoms with Crippen molar-refractivity contribution in [2.45, 2.75) is 58.1 Å². The van der Waals surface area contributed by atoms with Crippen LogP contribution < -0.4 is 5.32 Å². The molecule has 21 heavy (non-hydrogen) atoms. The van der Waals surface area contributed by atoms with Crippen molar-refractivity contribution in [1.82, 2.24) is 5.32 Å². The molecule has 0 amide bonds. The van der Waals surface area contributed by atoms with E-state index in [4.69, 9.17) is 4.74 Å². The van der Waals surface area contributed by atoms with Crippen molar-refractivity contribution in [2.24, 2.45) is 5.92 Å². The van der Waals surface area contributed by atoms with E-state index in [0.717, 1.165) is 23.5 Å². The summed E-state index contributed by atoms with van der Waals surface area (Å²) in [7, 11) is 0. The summed E-state index contributed by atoms with van der Waals surface area (Å²) in [6.07, 6.45) is 6.94. The number of rotatable bonds is 7. The number of benzene rings is 1. The number of halogens is 1. The highest BCUT2D eigenvalue weighted by Crippen LogP contribution is 2.29. The van der Waals surface area contributed by atoms with Gasteiger partial charge in [0.1, 0.15) is 0 Å². The van der Waals surface area contributed by atoms with Crippen molar-refractivity contribution < 1.29 is 4.74 Å². The zero-order valence-corrected chi connectivity index (χ0v) is 14.9. The second-order valence-corrected chi connectivity index (χ2v) is 7.26. The zero-order chi connectivity index (χ0) is 15.1. The van der Waals surface area contributed by atoms with Gasteiger partial charge in [0, 0.05) is 17.1 Å². The Morgan fingerprint density at radius 2 is 1.90 bits per heavy atom. The predicted molar refractivity (Wildman–Crippen MR) is 92.5 cm³/mol.